The molecule has 1 heterocycles. The lowest BCUT2D eigenvalue weighted by molar-refractivity contribution is 0.111. The van der Waals surface area contributed by atoms with Crippen LogP contribution in [0.15, 0.2) is 28.7 Å². The van der Waals surface area contributed by atoms with Crippen molar-refractivity contribution in [3.8, 4) is 11.3 Å². The average molecular weight is 294 g/mol. The standard InChI is InChI=1S/C12H12BrN3O/c1-8(2)16-11(7-17)12(14-15-16)9-5-3-4-6-10(9)13/h3-8H,1-2H3. The summed E-state index contributed by atoms with van der Waals surface area (Å²) >= 11 is 3.45. The Bertz CT molecular complexity index is 548. The summed E-state index contributed by atoms with van der Waals surface area (Å²) in [7, 11) is 0. The Labute approximate surface area is 108 Å². The summed E-state index contributed by atoms with van der Waals surface area (Å²) in [6.07, 6.45) is 0.800. The highest BCUT2D eigenvalue weighted by atomic mass is 79.9. The van der Waals surface area contributed by atoms with Gasteiger partial charge in [0.2, 0.25) is 0 Å². The number of halogens is 1. The molecule has 1 aromatic heterocycles. The van der Waals surface area contributed by atoms with E-state index < -0.39 is 0 Å². The molecule has 4 nitrogen and oxygen atoms in total. The number of benzene rings is 1. The van der Waals surface area contributed by atoms with Crippen LogP contribution >= 0.6 is 15.9 Å². The summed E-state index contributed by atoms with van der Waals surface area (Å²) in [5.41, 5.74) is 1.99. The third-order valence-corrected chi connectivity index (χ3v) is 3.15. The molecule has 2 rings (SSSR count). The van der Waals surface area contributed by atoms with Gasteiger partial charge in [0.25, 0.3) is 0 Å². The number of rotatable bonds is 3. The van der Waals surface area contributed by atoms with Gasteiger partial charge in [0.05, 0.1) is 0 Å². The molecule has 0 unspecified atom stereocenters. The summed E-state index contributed by atoms with van der Waals surface area (Å²) in [5, 5.41) is 8.11. The van der Waals surface area contributed by atoms with Gasteiger partial charge in [-0.15, -0.1) is 5.10 Å². The van der Waals surface area contributed by atoms with E-state index >= 15 is 0 Å². The van der Waals surface area contributed by atoms with E-state index in [1.807, 2.05) is 38.1 Å². The summed E-state index contributed by atoms with van der Waals surface area (Å²) in [6, 6.07) is 7.76. The van der Waals surface area contributed by atoms with Crippen molar-refractivity contribution in [2.75, 3.05) is 0 Å². The Balaban J connectivity index is 2.61. The number of hydrogen-bond acceptors (Lipinski definition) is 3. The van der Waals surface area contributed by atoms with Crippen LogP contribution in [-0.2, 0) is 0 Å². The molecule has 0 aliphatic heterocycles. The van der Waals surface area contributed by atoms with E-state index in [-0.39, 0.29) is 6.04 Å². The molecule has 0 amide bonds. The topological polar surface area (TPSA) is 47.8 Å². The minimum absolute atomic E-state index is 0.110. The summed E-state index contributed by atoms with van der Waals surface area (Å²) < 4.78 is 2.53. The van der Waals surface area contributed by atoms with Crippen molar-refractivity contribution in [2.24, 2.45) is 0 Å². The molecule has 0 aliphatic carbocycles. The maximum Gasteiger partial charge on any atom is 0.170 e. The van der Waals surface area contributed by atoms with Crippen LogP contribution in [0, 0.1) is 0 Å². The molecule has 0 atom stereocenters. The Morgan fingerprint density at radius 1 is 1.35 bits per heavy atom. The molecule has 0 aliphatic rings. The SMILES string of the molecule is CC(C)n1nnc(-c2ccccc2Br)c1C=O. The van der Waals surface area contributed by atoms with Gasteiger partial charge in [-0.3, -0.25) is 4.79 Å². The normalized spacial score (nSPS) is 10.8. The molecule has 17 heavy (non-hydrogen) atoms. The van der Waals surface area contributed by atoms with Crippen molar-refractivity contribution in [1.82, 2.24) is 15.0 Å². The molecule has 1 aromatic carbocycles. The van der Waals surface area contributed by atoms with Gasteiger partial charge >= 0.3 is 0 Å². The van der Waals surface area contributed by atoms with Crippen LogP contribution in [-0.4, -0.2) is 21.3 Å². The van der Waals surface area contributed by atoms with E-state index in [1.165, 1.54) is 0 Å². The van der Waals surface area contributed by atoms with E-state index in [0.29, 0.717) is 11.4 Å². The average Bonchev–Trinajstić information content (AvgIpc) is 2.73. The summed E-state index contributed by atoms with van der Waals surface area (Å²) in [5.74, 6) is 0. The first-order valence-electron chi connectivity index (χ1n) is 5.30. The molecule has 0 saturated carbocycles. The highest BCUT2D eigenvalue weighted by Gasteiger charge is 2.17. The first kappa shape index (κ1) is 12.0. The van der Waals surface area contributed by atoms with E-state index in [4.69, 9.17) is 0 Å². The number of aromatic nitrogens is 3. The maximum atomic E-state index is 11.2. The Hall–Kier alpha value is -1.49. The molecule has 5 heteroatoms. The van der Waals surface area contributed by atoms with Crippen LogP contribution in [0.2, 0.25) is 0 Å². The van der Waals surface area contributed by atoms with Crippen molar-refractivity contribution in [2.45, 2.75) is 19.9 Å². The summed E-state index contributed by atoms with van der Waals surface area (Å²) in [6.45, 7) is 3.93. The molecule has 0 N–H and O–H groups in total. The Kier molecular flexibility index (Phi) is 3.38. The zero-order valence-electron chi connectivity index (χ0n) is 9.59. The smallest absolute Gasteiger partial charge is 0.170 e. The zero-order valence-corrected chi connectivity index (χ0v) is 11.2. The van der Waals surface area contributed by atoms with Gasteiger partial charge in [-0.25, -0.2) is 4.68 Å². The van der Waals surface area contributed by atoms with E-state index in [1.54, 1.807) is 4.68 Å². The van der Waals surface area contributed by atoms with Gasteiger partial charge in [-0.1, -0.05) is 39.3 Å². The molecular formula is C12H12BrN3O. The second kappa shape index (κ2) is 4.79. The van der Waals surface area contributed by atoms with Gasteiger partial charge in [0, 0.05) is 16.1 Å². The molecule has 0 spiro atoms. The fraction of sp³-hybridized carbons (Fsp3) is 0.250. The van der Waals surface area contributed by atoms with Crippen LogP contribution in [0.5, 0.6) is 0 Å². The number of carbonyl (C=O) groups is 1. The van der Waals surface area contributed by atoms with Crippen LogP contribution in [0.3, 0.4) is 0 Å². The van der Waals surface area contributed by atoms with Crippen LogP contribution in [0.1, 0.15) is 30.4 Å². The van der Waals surface area contributed by atoms with Gasteiger partial charge in [-0.2, -0.15) is 0 Å². The predicted molar refractivity (Wildman–Crippen MR) is 68.9 cm³/mol. The van der Waals surface area contributed by atoms with Crippen molar-refractivity contribution in [1.29, 1.82) is 0 Å². The monoisotopic (exact) mass is 293 g/mol. The lowest BCUT2D eigenvalue weighted by Crippen LogP contribution is -2.07. The zero-order chi connectivity index (χ0) is 12.4. The fourth-order valence-electron chi connectivity index (χ4n) is 1.64. The maximum absolute atomic E-state index is 11.2. The molecule has 0 radical (unpaired) electrons. The second-order valence-electron chi connectivity index (χ2n) is 3.96. The number of nitrogens with zero attached hydrogens (tertiary/aromatic N) is 3. The van der Waals surface area contributed by atoms with Crippen LogP contribution in [0.25, 0.3) is 11.3 Å². The highest BCUT2D eigenvalue weighted by molar-refractivity contribution is 9.10. The van der Waals surface area contributed by atoms with Crippen LogP contribution < -0.4 is 0 Å². The first-order valence-corrected chi connectivity index (χ1v) is 6.09. The van der Waals surface area contributed by atoms with Crippen molar-refractivity contribution >= 4 is 22.2 Å². The Morgan fingerprint density at radius 3 is 2.65 bits per heavy atom. The first-order chi connectivity index (χ1) is 8.15. The van der Waals surface area contributed by atoms with Crippen molar-refractivity contribution < 1.29 is 4.79 Å². The Morgan fingerprint density at radius 2 is 2.06 bits per heavy atom. The van der Waals surface area contributed by atoms with Gasteiger partial charge in [0.1, 0.15) is 11.4 Å². The van der Waals surface area contributed by atoms with Gasteiger partial charge in [0.15, 0.2) is 6.29 Å². The van der Waals surface area contributed by atoms with Gasteiger partial charge < -0.3 is 0 Å². The lowest BCUT2D eigenvalue weighted by Gasteiger charge is -2.06. The van der Waals surface area contributed by atoms with Crippen molar-refractivity contribution in [3.63, 3.8) is 0 Å². The van der Waals surface area contributed by atoms with E-state index in [0.717, 1.165) is 16.3 Å². The minimum Gasteiger partial charge on any atom is -0.296 e. The van der Waals surface area contributed by atoms with Crippen molar-refractivity contribution in [3.05, 3.63) is 34.4 Å². The number of carbonyl (C=O) groups excluding carboxylic acids is 1. The molecule has 0 saturated heterocycles. The predicted octanol–water partition coefficient (Wildman–Crippen LogP) is 3.10. The third-order valence-electron chi connectivity index (χ3n) is 2.46. The quantitative estimate of drug-likeness (QED) is 0.817. The number of hydrogen-bond donors (Lipinski definition) is 0. The largest absolute Gasteiger partial charge is 0.296 e. The molecule has 0 bridgehead atoms. The fourth-order valence-corrected chi connectivity index (χ4v) is 2.11. The number of aldehydes is 1. The minimum atomic E-state index is 0.110. The van der Waals surface area contributed by atoms with Crippen LogP contribution in [0.4, 0.5) is 0 Å². The van der Waals surface area contributed by atoms with E-state index in [9.17, 15) is 4.79 Å². The highest BCUT2D eigenvalue weighted by Crippen LogP contribution is 2.28. The van der Waals surface area contributed by atoms with E-state index in [2.05, 4.69) is 26.2 Å². The second-order valence-corrected chi connectivity index (χ2v) is 4.81. The molecule has 88 valence electrons. The third kappa shape index (κ3) is 2.15. The molecule has 0 fully saturated rings. The van der Waals surface area contributed by atoms with Gasteiger partial charge in [-0.05, 0) is 19.9 Å². The molecule has 2 aromatic rings. The lowest BCUT2D eigenvalue weighted by atomic mass is 10.1. The molecular weight excluding hydrogens is 282 g/mol. The summed E-state index contributed by atoms with van der Waals surface area (Å²) in [4.78, 5) is 11.2.